The first kappa shape index (κ1) is 15.3. The van der Waals surface area contributed by atoms with Gasteiger partial charge in [0.1, 0.15) is 12.2 Å². The van der Waals surface area contributed by atoms with Crippen molar-refractivity contribution < 1.29 is 0 Å². The van der Waals surface area contributed by atoms with E-state index in [2.05, 4.69) is 25.7 Å². The Morgan fingerprint density at radius 2 is 2.05 bits per heavy atom. The van der Waals surface area contributed by atoms with Gasteiger partial charge >= 0.3 is 0 Å². The highest BCUT2D eigenvalue weighted by Gasteiger charge is 2.02. The zero-order valence-corrected chi connectivity index (χ0v) is 12.9. The van der Waals surface area contributed by atoms with Crippen LogP contribution in [0.15, 0.2) is 35.6 Å². The van der Waals surface area contributed by atoms with E-state index in [-0.39, 0.29) is 0 Å². The topological polar surface area (TPSA) is 67.1 Å². The van der Waals surface area contributed by atoms with Crippen LogP contribution >= 0.6 is 11.6 Å². The molecule has 2 aromatic rings. The van der Waals surface area contributed by atoms with E-state index in [9.17, 15) is 0 Å². The fraction of sp³-hybridized carbons (Fsp3) is 0.357. The second-order valence-corrected chi connectivity index (χ2v) is 4.97. The monoisotopic (exact) mass is 306 g/mol. The largest absolute Gasteiger partial charge is 0.356 e. The molecular weight excluding hydrogens is 288 g/mol. The second kappa shape index (κ2) is 7.64. The third kappa shape index (κ3) is 4.75. The summed E-state index contributed by atoms with van der Waals surface area (Å²) in [5.41, 5.74) is 1.23. The Morgan fingerprint density at radius 1 is 1.29 bits per heavy atom. The molecule has 0 aliphatic rings. The molecule has 0 saturated carbocycles. The van der Waals surface area contributed by atoms with Gasteiger partial charge in [0, 0.05) is 25.7 Å². The summed E-state index contributed by atoms with van der Waals surface area (Å²) in [6, 6.07) is 7.86. The quantitative estimate of drug-likeness (QED) is 0.647. The number of aromatic nitrogens is 3. The molecule has 0 radical (unpaired) electrons. The van der Waals surface area contributed by atoms with Crippen molar-refractivity contribution in [1.82, 2.24) is 25.4 Å². The Labute approximate surface area is 129 Å². The molecule has 0 fully saturated rings. The Morgan fingerprint density at radius 3 is 2.67 bits per heavy atom. The van der Waals surface area contributed by atoms with Gasteiger partial charge in [0.15, 0.2) is 5.96 Å². The van der Waals surface area contributed by atoms with Crippen molar-refractivity contribution in [3.8, 4) is 0 Å². The fourth-order valence-electron chi connectivity index (χ4n) is 1.84. The Bertz CT molecular complexity index is 590. The average molecular weight is 307 g/mol. The van der Waals surface area contributed by atoms with Crippen LogP contribution in [0.4, 0.5) is 0 Å². The lowest BCUT2D eigenvalue weighted by Gasteiger charge is -2.11. The SMILES string of the molecule is CN=C(NCCc1ccc(Cl)cc1)NCc1ncnn1C. The van der Waals surface area contributed by atoms with E-state index >= 15 is 0 Å². The molecule has 112 valence electrons. The van der Waals surface area contributed by atoms with Crippen molar-refractivity contribution in [3.05, 3.63) is 47.0 Å². The van der Waals surface area contributed by atoms with Crippen molar-refractivity contribution in [2.75, 3.05) is 13.6 Å². The predicted molar refractivity (Wildman–Crippen MR) is 84.4 cm³/mol. The van der Waals surface area contributed by atoms with E-state index in [4.69, 9.17) is 11.6 Å². The summed E-state index contributed by atoms with van der Waals surface area (Å²) in [6.07, 6.45) is 2.44. The van der Waals surface area contributed by atoms with E-state index in [1.165, 1.54) is 11.9 Å². The van der Waals surface area contributed by atoms with Gasteiger partial charge in [-0.1, -0.05) is 23.7 Å². The first-order valence-electron chi connectivity index (χ1n) is 6.71. The molecule has 0 unspecified atom stereocenters. The van der Waals surface area contributed by atoms with Crippen LogP contribution in [0.1, 0.15) is 11.4 Å². The van der Waals surface area contributed by atoms with Gasteiger partial charge in [0.05, 0.1) is 6.54 Å². The van der Waals surface area contributed by atoms with Crippen LogP contribution in [-0.2, 0) is 20.0 Å². The minimum atomic E-state index is 0.580. The van der Waals surface area contributed by atoms with Crippen LogP contribution < -0.4 is 10.6 Å². The molecule has 6 nitrogen and oxygen atoms in total. The molecule has 2 N–H and O–H groups in total. The molecule has 21 heavy (non-hydrogen) atoms. The Kier molecular flexibility index (Phi) is 5.57. The third-order valence-corrected chi connectivity index (χ3v) is 3.31. The van der Waals surface area contributed by atoms with Gasteiger partial charge < -0.3 is 10.6 Å². The number of benzene rings is 1. The number of guanidine groups is 1. The second-order valence-electron chi connectivity index (χ2n) is 4.53. The van der Waals surface area contributed by atoms with Crippen molar-refractivity contribution in [2.24, 2.45) is 12.0 Å². The normalized spacial score (nSPS) is 11.5. The van der Waals surface area contributed by atoms with Gasteiger partial charge in [-0.3, -0.25) is 9.67 Å². The summed E-state index contributed by atoms with van der Waals surface area (Å²) in [5.74, 6) is 1.60. The maximum absolute atomic E-state index is 5.86. The van der Waals surface area contributed by atoms with Gasteiger partial charge in [-0.05, 0) is 24.1 Å². The van der Waals surface area contributed by atoms with Crippen molar-refractivity contribution in [3.63, 3.8) is 0 Å². The summed E-state index contributed by atoms with van der Waals surface area (Å²) in [6.45, 7) is 1.37. The summed E-state index contributed by atoms with van der Waals surface area (Å²) in [5, 5.41) is 11.2. The van der Waals surface area contributed by atoms with E-state index in [1.54, 1.807) is 11.7 Å². The molecule has 0 aliphatic carbocycles. The lowest BCUT2D eigenvalue weighted by molar-refractivity contribution is 0.672. The summed E-state index contributed by atoms with van der Waals surface area (Å²) < 4.78 is 1.73. The molecule has 0 aliphatic heterocycles. The first-order chi connectivity index (χ1) is 10.2. The minimum absolute atomic E-state index is 0.580. The summed E-state index contributed by atoms with van der Waals surface area (Å²) in [7, 11) is 3.61. The van der Waals surface area contributed by atoms with E-state index in [1.807, 2.05) is 31.3 Å². The zero-order valence-electron chi connectivity index (χ0n) is 12.2. The van der Waals surface area contributed by atoms with Crippen molar-refractivity contribution >= 4 is 17.6 Å². The van der Waals surface area contributed by atoms with E-state index < -0.39 is 0 Å². The number of nitrogens with one attached hydrogen (secondary N) is 2. The molecule has 0 spiro atoms. The van der Waals surface area contributed by atoms with E-state index in [0.717, 1.165) is 29.8 Å². The summed E-state index contributed by atoms with van der Waals surface area (Å²) >= 11 is 5.86. The molecule has 1 aromatic heterocycles. The molecule has 0 amide bonds. The lowest BCUT2D eigenvalue weighted by atomic mass is 10.1. The van der Waals surface area contributed by atoms with Gasteiger partial charge in [-0.2, -0.15) is 5.10 Å². The lowest BCUT2D eigenvalue weighted by Crippen LogP contribution is -2.38. The predicted octanol–water partition coefficient (Wildman–Crippen LogP) is 1.38. The van der Waals surface area contributed by atoms with Crippen molar-refractivity contribution in [1.29, 1.82) is 0 Å². The Balaban J connectivity index is 1.75. The van der Waals surface area contributed by atoms with Gasteiger partial charge in [0.25, 0.3) is 0 Å². The van der Waals surface area contributed by atoms with Crippen LogP contribution in [0.3, 0.4) is 0 Å². The molecule has 0 atom stereocenters. The van der Waals surface area contributed by atoms with Crippen LogP contribution in [0.25, 0.3) is 0 Å². The summed E-state index contributed by atoms with van der Waals surface area (Å²) in [4.78, 5) is 8.33. The number of halogens is 1. The molecule has 7 heteroatoms. The molecule has 1 aromatic carbocycles. The van der Waals surface area contributed by atoms with Crippen LogP contribution in [-0.4, -0.2) is 34.3 Å². The highest BCUT2D eigenvalue weighted by Crippen LogP contribution is 2.09. The maximum atomic E-state index is 5.86. The zero-order chi connectivity index (χ0) is 15.1. The highest BCUT2D eigenvalue weighted by molar-refractivity contribution is 6.30. The number of nitrogens with zero attached hydrogens (tertiary/aromatic N) is 4. The Hall–Kier alpha value is -2.08. The number of aryl methyl sites for hydroxylation is 1. The van der Waals surface area contributed by atoms with Gasteiger partial charge in [-0.25, -0.2) is 4.98 Å². The first-order valence-corrected chi connectivity index (χ1v) is 7.08. The van der Waals surface area contributed by atoms with Crippen LogP contribution in [0, 0.1) is 0 Å². The number of hydrogen-bond donors (Lipinski definition) is 2. The molecular formula is C14H19ClN6. The van der Waals surface area contributed by atoms with Crippen LogP contribution in [0.5, 0.6) is 0 Å². The molecule has 1 heterocycles. The van der Waals surface area contributed by atoms with E-state index in [0.29, 0.717) is 6.54 Å². The third-order valence-electron chi connectivity index (χ3n) is 3.06. The highest BCUT2D eigenvalue weighted by atomic mass is 35.5. The van der Waals surface area contributed by atoms with Crippen LogP contribution in [0.2, 0.25) is 5.02 Å². The smallest absolute Gasteiger partial charge is 0.191 e. The van der Waals surface area contributed by atoms with Crippen molar-refractivity contribution in [2.45, 2.75) is 13.0 Å². The van der Waals surface area contributed by atoms with Gasteiger partial charge in [-0.15, -0.1) is 0 Å². The average Bonchev–Trinajstić information content (AvgIpc) is 2.90. The maximum Gasteiger partial charge on any atom is 0.191 e. The standard InChI is InChI=1S/C14H19ClN6/c1-16-14(18-9-13-19-10-20-21(13)2)17-8-7-11-3-5-12(15)6-4-11/h3-6,10H,7-9H2,1-2H3,(H2,16,17,18). The molecule has 0 bridgehead atoms. The molecule has 0 saturated heterocycles. The fourth-order valence-corrected chi connectivity index (χ4v) is 1.97. The van der Waals surface area contributed by atoms with Gasteiger partial charge in [0.2, 0.25) is 0 Å². The molecule has 2 rings (SSSR count). The minimum Gasteiger partial charge on any atom is -0.356 e. The number of hydrogen-bond acceptors (Lipinski definition) is 3. The number of rotatable bonds is 5. The number of aliphatic imine (C=N–C) groups is 1.